The summed E-state index contributed by atoms with van der Waals surface area (Å²) in [5.74, 6) is 0.341. The third-order valence-corrected chi connectivity index (χ3v) is 6.23. The lowest BCUT2D eigenvalue weighted by molar-refractivity contribution is 0.205. The molecule has 0 aliphatic heterocycles. The van der Waals surface area contributed by atoms with E-state index in [1.165, 1.54) is 0 Å². The smallest absolute Gasteiger partial charge is 0.158 e. The van der Waals surface area contributed by atoms with Crippen LogP contribution in [0.25, 0.3) is 0 Å². The monoisotopic (exact) mass is 234 g/mol. The van der Waals surface area contributed by atoms with Crippen molar-refractivity contribution in [3.05, 3.63) is 0 Å². The van der Waals surface area contributed by atoms with Crippen molar-refractivity contribution < 1.29 is 13.5 Å². The first-order valence-electron chi connectivity index (χ1n) is 5.77. The molecule has 4 heteroatoms. The van der Waals surface area contributed by atoms with E-state index in [4.69, 9.17) is 0 Å². The highest BCUT2D eigenvalue weighted by Gasteiger charge is 2.43. The molecular weight excluding hydrogens is 212 g/mol. The molecule has 3 nitrogen and oxygen atoms in total. The molecule has 1 aliphatic rings. The quantitative estimate of drug-likeness (QED) is 0.806. The maximum atomic E-state index is 12.2. The zero-order valence-corrected chi connectivity index (χ0v) is 10.5. The van der Waals surface area contributed by atoms with Crippen LogP contribution in [0.3, 0.4) is 0 Å². The van der Waals surface area contributed by atoms with Crippen molar-refractivity contribution >= 4 is 9.84 Å². The minimum absolute atomic E-state index is 0.139. The average molecular weight is 234 g/mol. The van der Waals surface area contributed by atoms with Crippen molar-refractivity contribution in [1.29, 1.82) is 0 Å². The summed E-state index contributed by atoms with van der Waals surface area (Å²) < 4.78 is 23.6. The highest BCUT2D eigenvalue weighted by Crippen LogP contribution is 2.36. The molecule has 0 bridgehead atoms. The van der Waals surface area contributed by atoms with E-state index in [2.05, 4.69) is 0 Å². The first-order chi connectivity index (χ1) is 6.93. The molecule has 0 unspecified atom stereocenters. The van der Waals surface area contributed by atoms with E-state index >= 15 is 0 Å². The van der Waals surface area contributed by atoms with Gasteiger partial charge in [-0.25, -0.2) is 8.42 Å². The molecule has 0 atom stereocenters. The highest BCUT2D eigenvalue weighted by molar-refractivity contribution is 7.92. The summed E-state index contributed by atoms with van der Waals surface area (Å²) >= 11 is 0. The minimum Gasteiger partial charge on any atom is -0.395 e. The molecule has 1 aliphatic carbocycles. The Hall–Kier alpha value is -0.0900. The van der Waals surface area contributed by atoms with Crippen LogP contribution in [0.1, 0.15) is 46.0 Å². The fourth-order valence-corrected chi connectivity index (χ4v) is 4.72. The van der Waals surface area contributed by atoms with Gasteiger partial charge in [0, 0.05) is 0 Å². The lowest BCUT2D eigenvalue weighted by Gasteiger charge is -2.35. The Morgan fingerprint density at radius 3 is 2.13 bits per heavy atom. The Labute approximate surface area is 92.8 Å². The lowest BCUT2D eigenvalue weighted by atomic mass is 9.89. The van der Waals surface area contributed by atoms with Gasteiger partial charge in [0.25, 0.3) is 0 Å². The molecule has 0 heterocycles. The second kappa shape index (κ2) is 4.83. The fourth-order valence-electron chi connectivity index (χ4n) is 2.38. The number of hydrogen-bond donors (Lipinski definition) is 1. The SMILES string of the molecule is CC(C)CS(=O)(=O)C1(CO)CCCCC1. The molecule has 15 heavy (non-hydrogen) atoms. The molecular formula is C11H22O3S. The van der Waals surface area contributed by atoms with E-state index in [-0.39, 0.29) is 18.3 Å². The molecule has 0 aromatic carbocycles. The summed E-state index contributed by atoms with van der Waals surface area (Å²) in [6, 6.07) is 0. The van der Waals surface area contributed by atoms with Crippen molar-refractivity contribution in [3.63, 3.8) is 0 Å². The second-order valence-electron chi connectivity index (χ2n) is 5.08. The first kappa shape index (κ1) is 13.0. The lowest BCUT2D eigenvalue weighted by Crippen LogP contribution is -2.46. The van der Waals surface area contributed by atoms with Crippen LogP contribution in [0.15, 0.2) is 0 Å². The molecule has 1 saturated carbocycles. The summed E-state index contributed by atoms with van der Waals surface area (Å²) in [7, 11) is -3.14. The van der Waals surface area contributed by atoms with Gasteiger partial charge in [-0.15, -0.1) is 0 Å². The summed E-state index contributed by atoms with van der Waals surface area (Å²) in [5, 5.41) is 9.41. The van der Waals surface area contributed by atoms with Crippen molar-refractivity contribution in [1.82, 2.24) is 0 Å². The summed E-state index contributed by atoms with van der Waals surface area (Å²) in [5.41, 5.74) is 0. The van der Waals surface area contributed by atoms with E-state index in [9.17, 15) is 13.5 Å². The maximum absolute atomic E-state index is 12.2. The van der Waals surface area contributed by atoms with E-state index < -0.39 is 14.6 Å². The van der Waals surface area contributed by atoms with Crippen molar-refractivity contribution in [3.8, 4) is 0 Å². The Morgan fingerprint density at radius 1 is 1.20 bits per heavy atom. The molecule has 0 radical (unpaired) electrons. The van der Waals surface area contributed by atoms with Crippen LogP contribution in [-0.4, -0.2) is 30.6 Å². The summed E-state index contributed by atoms with van der Waals surface area (Å²) in [4.78, 5) is 0. The minimum atomic E-state index is -3.14. The van der Waals surface area contributed by atoms with Crippen LogP contribution in [0, 0.1) is 5.92 Å². The second-order valence-corrected chi connectivity index (χ2v) is 7.51. The van der Waals surface area contributed by atoms with Gasteiger partial charge in [-0.2, -0.15) is 0 Å². The summed E-state index contributed by atoms with van der Waals surface area (Å²) in [6.07, 6.45) is 4.23. The Kier molecular flexibility index (Phi) is 4.18. The molecule has 90 valence electrons. The third kappa shape index (κ3) is 2.72. The molecule has 0 aromatic heterocycles. The number of aliphatic hydroxyl groups excluding tert-OH is 1. The van der Waals surface area contributed by atoms with Crippen LogP contribution < -0.4 is 0 Å². The number of aliphatic hydroxyl groups is 1. The van der Waals surface area contributed by atoms with E-state index in [0.717, 1.165) is 19.3 Å². The molecule has 1 N–H and O–H groups in total. The van der Waals surface area contributed by atoms with Crippen molar-refractivity contribution in [2.45, 2.75) is 50.7 Å². The molecule has 1 rings (SSSR count). The zero-order chi connectivity index (χ0) is 11.5. The molecule has 0 spiro atoms. The van der Waals surface area contributed by atoms with Crippen LogP contribution in [0.5, 0.6) is 0 Å². The van der Waals surface area contributed by atoms with Gasteiger partial charge in [0.15, 0.2) is 9.84 Å². The Bertz CT molecular complexity index is 287. The topological polar surface area (TPSA) is 54.4 Å². The van der Waals surface area contributed by atoms with Crippen LogP contribution >= 0.6 is 0 Å². The fraction of sp³-hybridized carbons (Fsp3) is 1.00. The van der Waals surface area contributed by atoms with E-state index in [1.807, 2.05) is 13.8 Å². The van der Waals surface area contributed by atoms with Gasteiger partial charge in [0.2, 0.25) is 0 Å². The van der Waals surface area contributed by atoms with Gasteiger partial charge < -0.3 is 5.11 Å². The van der Waals surface area contributed by atoms with E-state index in [0.29, 0.717) is 12.8 Å². The number of sulfone groups is 1. The number of hydrogen-bond acceptors (Lipinski definition) is 3. The largest absolute Gasteiger partial charge is 0.395 e. The highest BCUT2D eigenvalue weighted by atomic mass is 32.2. The van der Waals surface area contributed by atoms with Gasteiger partial charge in [0.05, 0.1) is 17.1 Å². The molecule has 1 fully saturated rings. The van der Waals surface area contributed by atoms with Gasteiger partial charge in [-0.3, -0.25) is 0 Å². The Balaban J connectivity index is 2.88. The Morgan fingerprint density at radius 2 is 1.73 bits per heavy atom. The van der Waals surface area contributed by atoms with Crippen LogP contribution in [0.2, 0.25) is 0 Å². The average Bonchev–Trinajstić information content (AvgIpc) is 2.16. The van der Waals surface area contributed by atoms with Crippen molar-refractivity contribution in [2.75, 3.05) is 12.4 Å². The van der Waals surface area contributed by atoms with Crippen LogP contribution in [-0.2, 0) is 9.84 Å². The first-order valence-corrected chi connectivity index (χ1v) is 7.42. The van der Waals surface area contributed by atoms with E-state index in [1.54, 1.807) is 0 Å². The van der Waals surface area contributed by atoms with Crippen molar-refractivity contribution in [2.24, 2.45) is 5.92 Å². The number of rotatable bonds is 4. The van der Waals surface area contributed by atoms with Crippen LogP contribution in [0.4, 0.5) is 0 Å². The van der Waals surface area contributed by atoms with Gasteiger partial charge in [0.1, 0.15) is 0 Å². The maximum Gasteiger partial charge on any atom is 0.158 e. The molecule has 0 aromatic rings. The molecule has 0 saturated heterocycles. The third-order valence-electron chi connectivity index (χ3n) is 3.27. The predicted octanol–water partition coefficient (Wildman–Crippen LogP) is 1.75. The standard InChI is InChI=1S/C11H22O3S/c1-10(2)8-15(13,14)11(9-12)6-4-3-5-7-11/h10,12H,3-9H2,1-2H3. The zero-order valence-electron chi connectivity index (χ0n) is 9.70. The van der Waals surface area contributed by atoms with Gasteiger partial charge >= 0.3 is 0 Å². The normalized spacial score (nSPS) is 21.9. The molecule has 0 amide bonds. The predicted molar refractivity (Wildman–Crippen MR) is 61.5 cm³/mol. The van der Waals surface area contributed by atoms with Gasteiger partial charge in [-0.05, 0) is 18.8 Å². The summed E-state index contributed by atoms with van der Waals surface area (Å²) in [6.45, 7) is 3.61. The van der Waals surface area contributed by atoms with Gasteiger partial charge in [-0.1, -0.05) is 33.1 Å².